The van der Waals surface area contributed by atoms with E-state index in [4.69, 9.17) is 20.8 Å². The number of hydrogen-bond donors (Lipinski definition) is 0. The zero-order valence-corrected chi connectivity index (χ0v) is 18.6. The normalized spacial score (nSPS) is 13.3. The molecule has 30 heavy (non-hydrogen) atoms. The van der Waals surface area contributed by atoms with Gasteiger partial charge in [-0.25, -0.2) is 0 Å². The molecule has 0 radical (unpaired) electrons. The molecule has 0 aliphatic heterocycles. The van der Waals surface area contributed by atoms with Crippen molar-refractivity contribution in [3.05, 3.63) is 63.9 Å². The lowest BCUT2D eigenvalue weighted by atomic mass is 10.2. The molecule has 0 unspecified atom stereocenters. The van der Waals surface area contributed by atoms with Gasteiger partial charge in [0.2, 0.25) is 17.7 Å². The number of rotatable bonds is 9. The quantitative estimate of drug-likeness (QED) is 0.370. The van der Waals surface area contributed by atoms with Crippen LogP contribution in [-0.4, -0.2) is 33.7 Å². The van der Waals surface area contributed by atoms with Gasteiger partial charge in [-0.15, -0.1) is 10.2 Å². The molecule has 156 valence electrons. The topological polar surface area (TPSA) is 68.5 Å². The minimum atomic E-state index is 0.0781. The molecule has 4 rings (SSSR count). The molecule has 0 N–H and O–H groups in total. The number of benzene rings is 2. The Morgan fingerprint density at radius 3 is 2.67 bits per heavy atom. The van der Waals surface area contributed by atoms with Crippen molar-refractivity contribution in [2.45, 2.75) is 38.3 Å². The van der Waals surface area contributed by atoms with Crippen molar-refractivity contribution >= 4 is 33.4 Å². The Hall–Kier alpha value is -2.38. The summed E-state index contributed by atoms with van der Waals surface area (Å²) in [5.41, 5.74) is 0.687. The van der Waals surface area contributed by atoms with Gasteiger partial charge in [0, 0.05) is 16.9 Å². The summed E-state index contributed by atoms with van der Waals surface area (Å²) >= 11 is 9.60. The first-order valence-electron chi connectivity index (χ1n) is 9.85. The van der Waals surface area contributed by atoms with E-state index in [0.29, 0.717) is 48.4 Å². The van der Waals surface area contributed by atoms with E-state index in [2.05, 4.69) is 26.1 Å². The van der Waals surface area contributed by atoms with Crippen LogP contribution in [0.3, 0.4) is 0 Å². The Bertz CT molecular complexity index is 1000. The molecule has 1 heterocycles. The van der Waals surface area contributed by atoms with Gasteiger partial charge in [-0.1, -0.05) is 39.7 Å². The van der Waals surface area contributed by atoms with Crippen LogP contribution in [0.1, 0.15) is 31.6 Å². The van der Waals surface area contributed by atoms with Crippen LogP contribution >= 0.6 is 27.5 Å². The van der Waals surface area contributed by atoms with Gasteiger partial charge in [-0.2, -0.15) is 0 Å². The summed E-state index contributed by atoms with van der Waals surface area (Å²) in [7, 11) is 0. The minimum Gasteiger partial charge on any atom is -0.494 e. The highest BCUT2D eigenvalue weighted by atomic mass is 79.9. The molecule has 1 aromatic heterocycles. The number of carbonyl (C=O) groups is 1. The average molecular weight is 491 g/mol. The number of ether oxygens (including phenoxy) is 1. The van der Waals surface area contributed by atoms with E-state index >= 15 is 0 Å². The van der Waals surface area contributed by atoms with Crippen molar-refractivity contribution in [2.24, 2.45) is 0 Å². The molecular formula is C22H21BrClN3O3. The molecule has 3 aromatic rings. The summed E-state index contributed by atoms with van der Waals surface area (Å²) in [6.07, 6.45) is 3.07. The van der Waals surface area contributed by atoms with Crippen molar-refractivity contribution in [3.63, 3.8) is 0 Å². The molecule has 1 aliphatic carbocycles. The highest BCUT2D eigenvalue weighted by Crippen LogP contribution is 2.30. The summed E-state index contributed by atoms with van der Waals surface area (Å²) in [5, 5.41) is 8.75. The molecule has 0 spiro atoms. The Kier molecular flexibility index (Phi) is 6.69. The second-order valence-corrected chi connectivity index (χ2v) is 8.46. The van der Waals surface area contributed by atoms with Crippen molar-refractivity contribution in [1.82, 2.24) is 15.1 Å². The third-order valence-electron chi connectivity index (χ3n) is 4.80. The van der Waals surface area contributed by atoms with Crippen LogP contribution in [0.15, 0.2) is 57.4 Å². The fraction of sp³-hybridized carbons (Fsp3) is 0.318. The van der Waals surface area contributed by atoms with Gasteiger partial charge in [0.25, 0.3) is 0 Å². The first-order valence-corrected chi connectivity index (χ1v) is 11.0. The van der Waals surface area contributed by atoms with Gasteiger partial charge in [0.1, 0.15) is 5.75 Å². The first kappa shape index (κ1) is 20.9. The molecule has 1 fully saturated rings. The van der Waals surface area contributed by atoms with E-state index in [1.165, 1.54) is 0 Å². The van der Waals surface area contributed by atoms with E-state index in [1.807, 2.05) is 47.4 Å². The lowest BCUT2D eigenvalue weighted by molar-refractivity contribution is -0.133. The maximum absolute atomic E-state index is 12.8. The second kappa shape index (κ2) is 9.62. The van der Waals surface area contributed by atoms with Gasteiger partial charge in [0.05, 0.1) is 23.7 Å². The van der Waals surface area contributed by atoms with Crippen LogP contribution in [0.5, 0.6) is 5.75 Å². The van der Waals surface area contributed by atoms with E-state index in [-0.39, 0.29) is 11.9 Å². The number of amides is 1. The van der Waals surface area contributed by atoms with Crippen LogP contribution < -0.4 is 4.74 Å². The Balaban J connectivity index is 1.31. The minimum absolute atomic E-state index is 0.0781. The highest BCUT2D eigenvalue weighted by molar-refractivity contribution is 9.10. The fourth-order valence-corrected chi connectivity index (χ4v) is 3.58. The maximum Gasteiger partial charge on any atom is 0.249 e. The van der Waals surface area contributed by atoms with Crippen molar-refractivity contribution in [2.75, 3.05) is 6.61 Å². The van der Waals surface area contributed by atoms with Crippen LogP contribution in [0.4, 0.5) is 0 Å². The molecule has 1 amide bonds. The van der Waals surface area contributed by atoms with Gasteiger partial charge < -0.3 is 14.1 Å². The molecule has 1 saturated carbocycles. The zero-order chi connectivity index (χ0) is 20.9. The van der Waals surface area contributed by atoms with Gasteiger partial charge >= 0.3 is 0 Å². The van der Waals surface area contributed by atoms with Gasteiger partial charge in [0.15, 0.2) is 0 Å². The lowest BCUT2D eigenvalue weighted by Gasteiger charge is -2.20. The van der Waals surface area contributed by atoms with Crippen molar-refractivity contribution in [3.8, 4) is 17.2 Å². The monoisotopic (exact) mass is 489 g/mol. The van der Waals surface area contributed by atoms with Gasteiger partial charge in [-0.05, 0) is 55.7 Å². The molecule has 0 saturated heterocycles. The summed E-state index contributed by atoms with van der Waals surface area (Å²) in [5.74, 6) is 1.65. The van der Waals surface area contributed by atoms with Crippen molar-refractivity contribution in [1.29, 1.82) is 0 Å². The van der Waals surface area contributed by atoms with E-state index in [0.717, 1.165) is 23.1 Å². The average Bonchev–Trinajstić information content (AvgIpc) is 3.49. The zero-order valence-electron chi connectivity index (χ0n) is 16.3. The molecule has 2 aromatic carbocycles. The molecule has 6 nitrogen and oxygen atoms in total. The summed E-state index contributed by atoms with van der Waals surface area (Å²) in [6.45, 7) is 0.803. The first-order chi connectivity index (χ1) is 14.6. The fourth-order valence-electron chi connectivity index (χ4n) is 3.10. The number of carbonyl (C=O) groups excluding carboxylic acids is 1. The number of aromatic nitrogens is 2. The maximum atomic E-state index is 12.8. The molecule has 8 heteroatoms. The smallest absolute Gasteiger partial charge is 0.249 e. The summed E-state index contributed by atoms with van der Waals surface area (Å²) < 4.78 is 12.5. The SMILES string of the molecule is O=C(CCCOc1ccc(Br)cc1)N(Cc1nnc(-c2ccccc2Cl)o1)C1CC1. The third kappa shape index (κ3) is 5.40. The van der Waals surface area contributed by atoms with Crippen molar-refractivity contribution < 1.29 is 13.9 Å². The van der Waals surface area contributed by atoms with Gasteiger partial charge in [-0.3, -0.25) is 4.79 Å². The third-order valence-corrected chi connectivity index (χ3v) is 5.66. The number of hydrogen-bond acceptors (Lipinski definition) is 5. The molecule has 1 aliphatic rings. The second-order valence-electron chi connectivity index (χ2n) is 7.14. The largest absolute Gasteiger partial charge is 0.494 e. The standard InChI is InChI=1S/C22H21BrClN3O3/c23-15-7-11-17(12-8-15)29-13-3-6-21(28)27(16-9-10-16)14-20-25-26-22(30-20)18-4-1-2-5-19(18)24/h1-2,4-5,7-8,11-12,16H,3,6,9-10,13-14H2. The van der Waals surface area contributed by atoms with Crippen LogP contribution in [0.2, 0.25) is 5.02 Å². The van der Waals surface area contributed by atoms with Crippen LogP contribution in [-0.2, 0) is 11.3 Å². The van der Waals surface area contributed by atoms with E-state index in [1.54, 1.807) is 6.07 Å². The Labute approximate surface area is 188 Å². The predicted octanol–water partition coefficient (Wildman–Crippen LogP) is 5.50. The lowest BCUT2D eigenvalue weighted by Crippen LogP contribution is -2.32. The van der Waals surface area contributed by atoms with Crippen LogP contribution in [0.25, 0.3) is 11.5 Å². The predicted molar refractivity (Wildman–Crippen MR) is 117 cm³/mol. The number of halogens is 2. The van der Waals surface area contributed by atoms with E-state index in [9.17, 15) is 4.79 Å². The summed E-state index contributed by atoms with van der Waals surface area (Å²) in [4.78, 5) is 14.6. The molecule has 0 atom stereocenters. The number of nitrogens with zero attached hydrogens (tertiary/aromatic N) is 3. The summed E-state index contributed by atoms with van der Waals surface area (Å²) in [6, 6.07) is 15.2. The molecule has 0 bridgehead atoms. The van der Waals surface area contributed by atoms with E-state index < -0.39 is 0 Å². The highest BCUT2D eigenvalue weighted by Gasteiger charge is 2.33. The molecular weight excluding hydrogens is 470 g/mol. The Morgan fingerprint density at radius 1 is 1.17 bits per heavy atom. The van der Waals surface area contributed by atoms with Crippen LogP contribution in [0, 0.1) is 0 Å². The Morgan fingerprint density at radius 2 is 1.93 bits per heavy atom.